The van der Waals surface area contributed by atoms with Crippen molar-refractivity contribution in [2.24, 2.45) is 11.3 Å². The van der Waals surface area contributed by atoms with Gasteiger partial charge in [0.1, 0.15) is 5.60 Å². The molecule has 3 atom stereocenters. The summed E-state index contributed by atoms with van der Waals surface area (Å²) in [4.78, 5) is 11.9. The summed E-state index contributed by atoms with van der Waals surface area (Å²) in [5.41, 5.74) is -0.103. The highest BCUT2D eigenvalue weighted by atomic mass is 16.6. The largest absolute Gasteiger partial charge is 0.444 e. The number of carbonyl (C=O) groups is 1. The molecule has 0 aromatic rings. The molecule has 1 amide bonds. The molecule has 2 N–H and O–H groups in total. The summed E-state index contributed by atoms with van der Waals surface area (Å²) in [6, 6.07) is 0.726. The lowest BCUT2D eigenvalue weighted by atomic mass is 9.81. The monoisotopic (exact) mass is 312 g/mol. The second-order valence-corrected chi connectivity index (χ2v) is 8.88. The van der Waals surface area contributed by atoms with Crippen LogP contribution in [0.2, 0.25) is 0 Å². The number of hydrogen-bond donors (Lipinski definition) is 2. The molecule has 22 heavy (non-hydrogen) atoms. The minimum absolute atomic E-state index is 0.228. The van der Waals surface area contributed by atoms with Crippen LogP contribution in [0.3, 0.4) is 0 Å². The lowest BCUT2D eigenvalue weighted by molar-refractivity contribution is 0.0488. The predicted octanol–water partition coefficient (Wildman–Crippen LogP) is 4.09. The van der Waals surface area contributed by atoms with Crippen LogP contribution in [0, 0.1) is 11.3 Å². The van der Waals surface area contributed by atoms with Crippen molar-refractivity contribution < 1.29 is 9.53 Å². The molecule has 0 heterocycles. The Hall–Kier alpha value is -0.770. The normalized spacial score (nSPS) is 24.7. The van der Waals surface area contributed by atoms with Gasteiger partial charge in [-0.25, -0.2) is 4.79 Å². The summed E-state index contributed by atoms with van der Waals surface area (Å²) in [5.74, 6) is 0.631. The van der Waals surface area contributed by atoms with Crippen LogP contribution in [0.4, 0.5) is 4.79 Å². The highest BCUT2D eigenvalue weighted by molar-refractivity contribution is 5.68. The maximum atomic E-state index is 11.9. The Bertz CT molecular complexity index is 355. The van der Waals surface area contributed by atoms with E-state index in [4.69, 9.17) is 4.74 Å². The molecule has 0 aromatic carbocycles. The zero-order valence-electron chi connectivity index (χ0n) is 15.6. The van der Waals surface area contributed by atoms with Crippen molar-refractivity contribution in [3.63, 3.8) is 0 Å². The van der Waals surface area contributed by atoms with Gasteiger partial charge in [0.15, 0.2) is 0 Å². The number of rotatable bonds is 4. The van der Waals surface area contributed by atoms with Gasteiger partial charge in [0.2, 0.25) is 0 Å². The summed E-state index contributed by atoms with van der Waals surface area (Å²) in [7, 11) is 0. The Balaban J connectivity index is 2.37. The molecular formula is C18H36N2O2. The minimum Gasteiger partial charge on any atom is -0.444 e. The van der Waals surface area contributed by atoms with E-state index in [-0.39, 0.29) is 12.1 Å². The van der Waals surface area contributed by atoms with Crippen LogP contribution in [0.1, 0.15) is 74.1 Å². The van der Waals surface area contributed by atoms with Gasteiger partial charge in [-0.15, -0.1) is 0 Å². The van der Waals surface area contributed by atoms with Crippen LogP contribution in [-0.4, -0.2) is 30.3 Å². The second-order valence-electron chi connectivity index (χ2n) is 8.88. The van der Waals surface area contributed by atoms with E-state index in [2.05, 4.69) is 38.3 Å². The Morgan fingerprint density at radius 3 is 2.27 bits per heavy atom. The zero-order valence-corrected chi connectivity index (χ0v) is 15.6. The quantitative estimate of drug-likeness (QED) is 0.822. The molecule has 1 aliphatic rings. The van der Waals surface area contributed by atoms with Crippen molar-refractivity contribution >= 4 is 6.09 Å². The number of amides is 1. The second kappa shape index (κ2) is 7.67. The van der Waals surface area contributed by atoms with Crippen molar-refractivity contribution in [2.75, 3.05) is 6.54 Å². The Kier molecular flexibility index (Phi) is 6.72. The molecule has 0 bridgehead atoms. The van der Waals surface area contributed by atoms with Gasteiger partial charge in [0.05, 0.1) is 0 Å². The molecule has 1 aliphatic carbocycles. The SMILES string of the molecule is CC(CNC1CCCC(NC(=O)OC(C)(C)C)C1)C(C)(C)C. The van der Waals surface area contributed by atoms with Gasteiger partial charge in [-0.05, 0) is 64.3 Å². The highest BCUT2D eigenvalue weighted by Crippen LogP contribution is 2.25. The van der Waals surface area contributed by atoms with Crippen LogP contribution in [0.25, 0.3) is 0 Å². The van der Waals surface area contributed by atoms with Crippen molar-refractivity contribution in [2.45, 2.75) is 91.8 Å². The maximum absolute atomic E-state index is 11.9. The van der Waals surface area contributed by atoms with Gasteiger partial charge in [0.25, 0.3) is 0 Å². The van der Waals surface area contributed by atoms with Crippen molar-refractivity contribution in [3.8, 4) is 0 Å². The molecule has 0 radical (unpaired) electrons. The van der Waals surface area contributed by atoms with Crippen molar-refractivity contribution in [3.05, 3.63) is 0 Å². The first-order chi connectivity index (χ1) is 9.97. The standard InChI is InChI=1S/C18H36N2O2/c1-13(17(2,3)4)12-19-14-9-8-10-15(11-14)20-16(21)22-18(5,6)7/h13-15,19H,8-12H2,1-7H3,(H,20,21). The fourth-order valence-corrected chi connectivity index (χ4v) is 2.63. The molecule has 0 saturated heterocycles. The molecule has 0 aliphatic heterocycles. The molecule has 1 saturated carbocycles. The lowest BCUT2D eigenvalue weighted by Crippen LogP contribution is -2.46. The molecule has 4 heteroatoms. The van der Waals surface area contributed by atoms with Crippen molar-refractivity contribution in [1.29, 1.82) is 0 Å². The van der Waals surface area contributed by atoms with E-state index in [9.17, 15) is 4.79 Å². The maximum Gasteiger partial charge on any atom is 0.407 e. The molecule has 1 rings (SSSR count). The lowest BCUT2D eigenvalue weighted by Gasteiger charge is -2.34. The smallest absolute Gasteiger partial charge is 0.407 e. The van der Waals surface area contributed by atoms with Gasteiger partial charge in [-0.3, -0.25) is 0 Å². The van der Waals surface area contributed by atoms with Crippen LogP contribution in [0.5, 0.6) is 0 Å². The Morgan fingerprint density at radius 1 is 1.14 bits per heavy atom. The summed E-state index contributed by atoms with van der Waals surface area (Å²) < 4.78 is 5.35. The van der Waals surface area contributed by atoms with Gasteiger partial charge < -0.3 is 15.4 Å². The number of hydrogen-bond acceptors (Lipinski definition) is 3. The first kappa shape index (κ1) is 19.3. The first-order valence-corrected chi connectivity index (χ1v) is 8.70. The summed E-state index contributed by atoms with van der Waals surface area (Å²) in [6.07, 6.45) is 4.11. The Morgan fingerprint density at radius 2 is 1.73 bits per heavy atom. The molecule has 0 spiro atoms. The number of ether oxygens (including phenoxy) is 1. The van der Waals surface area contributed by atoms with Gasteiger partial charge in [-0.1, -0.05) is 27.7 Å². The van der Waals surface area contributed by atoms with E-state index in [1.54, 1.807) is 0 Å². The minimum atomic E-state index is -0.432. The summed E-state index contributed by atoms with van der Waals surface area (Å²) in [5, 5.41) is 6.71. The topological polar surface area (TPSA) is 50.4 Å². The highest BCUT2D eigenvalue weighted by Gasteiger charge is 2.26. The average Bonchev–Trinajstić information content (AvgIpc) is 2.32. The van der Waals surface area contributed by atoms with E-state index in [1.165, 1.54) is 6.42 Å². The van der Waals surface area contributed by atoms with E-state index in [0.717, 1.165) is 25.8 Å². The molecule has 130 valence electrons. The number of alkyl carbamates (subject to hydrolysis) is 1. The van der Waals surface area contributed by atoms with E-state index < -0.39 is 5.60 Å². The first-order valence-electron chi connectivity index (χ1n) is 8.70. The summed E-state index contributed by atoms with van der Waals surface area (Å²) in [6.45, 7) is 15.9. The zero-order chi connectivity index (χ0) is 17.0. The van der Waals surface area contributed by atoms with Gasteiger partial charge >= 0.3 is 6.09 Å². The molecule has 4 nitrogen and oxygen atoms in total. The Labute approximate surface area is 136 Å². The molecule has 0 aromatic heterocycles. The third-order valence-corrected chi connectivity index (χ3v) is 4.59. The average molecular weight is 312 g/mol. The van der Waals surface area contributed by atoms with E-state index >= 15 is 0 Å². The fraction of sp³-hybridized carbons (Fsp3) is 0.944. The fourth-order valence-electron chi connectivity index (χ4n) is 2.63. The van der Waals surface area contributed by atoms with Gasteiger partial charge in [-0.2, -0.15) is 0 Å². The number of nitrogens with one attached hydrogen (secondary N) is 2. The van der Waals surface area contributed by atoms with Crippen LogP contribution < -0.4 is 10.6 Å². The van der Waals surface area contributed by atoms with Crippen LogP contribution in [0.15, 0.2) is 0 Å². The summed E-state index contributed by atoms with van der Waals surface area (Å²) >= 11 is 0. The third-order valence-electron chi connectivity index (χ3n) is 4.59. The third kappa shape index (κ3) is 7.48. The predicted molar refractivity (Wildman–Crippen MR) is 92.0 cm³/mol. The number of carbonyl (C=O) groups excluding carboxylic acids is 1. The van der Waals surface area contributed by atoms with Crippen LogP contribution >= 0.6 is 0 Å². The van der Waals surface area contributed by atoms with Crippen molar-refractivity contribution in [1.82, 2.24) is 10.6 Å². The van der Waals surface area contributed by atoms with Gasteiger partial charge in [0, 0.05) is 12.1 Å². The molecule has 1 fully saturated rings. The van der Waals surface area contributed by atoms with Crippen LogP contribution in [-0.2, 0) is 4.74 Å². The molecule has 3 unspecified atom stereocenters. The van der Waals surface area contributed by atoms with E-state index in [1.807, 2.05) is 20.8 Å². The van der Waals surface area contributed by atoms with E-state index in [0.29, 0.717) is 17.4 Å². The molecular weight excluding hydrogens is 276 g/mol.